The van der Waals surface area contributed by atoms with Crippen molar-refractivity contribution in [2.24, 2.45) is 5.84 Å². The van der Waals surface area contributed by atoms with Crippen molar-refractivity contribution in [3.05, 3.63) is 21.9 Å². The van der Waals surface area contributed by atoms with Crippen molar-refractivity contribution in [3.63, 3.8) is 0 Å². The van der Waals surface area contributed by atoms with Crippen LogP contribution in [0.1, 0.15) is 14.5 Å². The Morgan fingerprint density at radius 3 is 2.94 bits per heavy atom. The Labute approximate surface area is 110 Å². The van der Waals surface area contributed by atoms with Gasteiger partial charge in [0.25, 0.3) is 5.91 Å². The molecule has 0 saturated carbocycles. The van der Waals surface area contributed by atoms with Gasteiger partial charge in [-0.15, -0.1) is 11.3 Å². The van der Waals surface area contributed by atoms with E-state index in [9.17, 15) is 4.79 Å². The van der Waals surface area contributed by atoms with E-state index < -0.39 is 0 Å². The van der Waals surface area contributed by atoms with Crippen LogP contribution in [0.3, 0.4) is 0 Å². The molecule has 1 heterocycles. The summed E-state index contributed by atoms with van der Waals surface area (Å²) in [6, 6.07) is 3.64. The molecule has 0 spiro atoms. The second kappa shape index (κ2) is 8.17. The lowest BCUT2D eigenvalue weighted by molar-refractivity contribution is 0.0957. The van der Waals surface area contributed by atoms with E-state index in [1.54, 1.807) is 13.2 Å². The van der Waals surface area contributed by atoms with Crippen LogP contribution in [0.2, 0.25) is 0 Å². The van der Waals surface area contributed by atoms with Gasteiger partial charge in [0, 0.05) is 31.6 Å². The second-order valence-corrected chi connectivity index (χ2v) is 4.90. The van der Waals surface area contributed by atoms with Gasteiger partial charge in [-0.1, -0.05) is 0 Å². The van der Waals surface area contributed by atoms with Crippen molar-refractivity contribution in [2.75, 3.05) is 33.4 Å². The summed E-state index contributed by atoms with van der Waals surface area (Å²) in [7, 11) is 1.64. The van der Waals surface area contributed by atoms with Gasteiger partial charge in [-0.3, -0.25) is 15.1 Å². The number of nitrogens with two attached hydrogens (primary N) is 1. The van der Waals surface area contributed by atoms with Gasteiger partial charge in [-0.05, 0) is 12.1 Å². The highest BCUT2D eigenvalue weighted by Gasteiger charge is 2.10. The van der Waals surface area contributed by atoms with Crippen LogP contribution in [-0.2, 0) is 11.3 Å². The summed E-state index contributed by atoms with van der Waals surface area (Å²) >= 11 is 1.40. The molecule has 0 saturated heterocycles. The van der Waals surface area contributed by atoms with Crippen LogP contribution in [0.4, 0.5) is 0 Å². The summed E-state index contributed by atoms with van der Waals surface area (Å²) in [5.74, 6) is 4.79. The molecule has 0 atom stereocenters. The highest BCUT2D eigenvalue weighted by atomic mass is 32.1. The third-order valence-corrected chi connectivity index (χ3v) is 3.49. The number of amides is 1. The molecule has 0 aromatic carbocycles. The number of rotatable bonds is 8. The first kappa shape index (κ1) is 15.1. The van der Waals surface area contributed by atoms with E-state index in [-0.39, 0.29) is 12.5 Å². The van der Waals surface area contributed by atoms with Gasteiger partial charge < -0.3 is 9.84 Å². The minimum absolute atomic E-state index is 0.102. The smallest absolute Gasteiger partial charge is 0.275 e. The first-order valence-electron chi connectivity index (χ1n) is 5.63. The lowest BCUT2D eigenvalue weighted by Crippen LogP contribution is -2.29. The lowest BCUT2D eigenvalue weighted by Gasteiger charge is -2.19. The number of hydrazine groups is 1. The normalized spacial score (nSPS) is 10.9. The minimum atomic E-state index is -0.281. The minimum Gasteiger partial charge on any atom is -0.395 e. The molecule has 0 radical (unpaired) electrons. The summed E-state index contributed by atoms with van der Waals surface area (Å²) in [5.41, 5.74) is 2.11. The number of thiophene rings is 1. The first-order chi connectivity index (χ1) is 8.71. The third-order valence-electron chi connectivity index (χ3n) is 2.42. The molecule has 1 amide bonds. The zero-order valence-electron chi connectivity index (χ0n) is 10.4. The Kier molecular flexibility index (Phi) is 6.84. The van der Waals surface area contributed by atoms with E-state index >= 15 is 0 Å². The number of carbonyl (C=O) groups excluding carboxylic acids is 1. The average Bonchev–Trinajstić information content (AvgIpc) is 2.83. The molecule has 102 valence electrons. The Morgan fingerprint density at radius 2 is 2.33 bits per heavy atom. The van der Waals surface area contributed by atoms with Crippen molar-refractivity contribution < 1.29 is 14.6 Å². The number of ether oxygens (including phenoxy) is 1. The zero-order valence-corrected chi connectivity index (χ0v) is 11.2. The topological polar surface area (TPSA) is 87.8 Å². The molecule has 0 bridgehead atoms. The average molecular weight is 273 g/mol. The predicted octanol–water partition coefficient (Wildman–Crippen LogP) is -0.208. The zero-order chi connectivity index (χ0) is 13.4. The lowest BCUT2D eigenvalue weighted by atomic mass is 10.3. The number of nitrogen functional groups attached to an aromatic ring is 1. The Morgan fingerprint density at radius 1 is 1.56 bits per heavy atom. The van der Waals surface area contributed by atoms with Crippen LogP contribution in [-0.4, -0.2) is 49.3 Å². The molecule has 18 heavy (non-hydrogen) atoms. The Bertz CT molecular complexity index is 370. The molecule has 1 aromatic heterocycles. The molecule has 0 aliphatic rings. The number of nitrogens with one attached hydrogen (secondary N) is 1. The van der Waals surface area contributed by atoms with Crippen LogP contribution in [0.15, 0.2) is 12.1 Å². The van der Waals surface area contributed by atoms with Crippen molar-refractivity contribution in [2.45, 2.75) is 6.54 Å². The monoisotopic (exact) mass is 273 g/mol. The molecule has 1 rings (SSSR count). The summed E-state index contributed by atoms with van der Waals surface area (Å²) in [5, 5.41) is 8.99. The molecular formula is C11H19N3O3S. The van der Waals surface area contributed by atoms with Gasteiger partial charge in [0.1, 0.15) is 0 Å². The van der Waals surface area contributed by atoms with Gasteiger partial charge in [0.15, 0.2) is 0 Å². The molecule has 0 unspecified atom stereocenters. The maximum absolute atomic E-state index is 11.3. The van der Waals surface area contributed by atoms with E-state index in [0.29, 0.717) is 24.6 Å². The number of hydrogen-bond donors (Lipinski definition) is 3. The van der Waals surface area contributed by atoms with Crippen molar-refractivity contribution >= 4 is 17.2 Å². The summed E-state index contributed by atoms with van der Waals surface area (Å²) < 4.78 is 5.02. The SMILES string of the molecule is COCCN(CCO)Cc1ccc(C(=O)NN)s1. The van der Waals surface area contributed by atoms with Gasteiger partial charge in [-0.2, -0.15) is 0 Å². The first-order valence-corrected chi connectivity index (χ1v) is 6.44. The summed E-state index contributed by atoms with van der Waals surface area (Å²) in [6.45, 7) is 2.73. The molecule has 4 N–H and O–H groups in total. The van der Waals surface area contributed by atoms with Crippen molar-refractivity contribution in [1.29, 1.82) is 0 Å². The van der Waals surface area contributed by atoms with Gasteiger partial charge >= 0.3 is 0 Å². The number of aliphatic hydroxyl groups is 1. The van der Waals surface area contributed by atoms with Gasteiger partial charge in [0.2, 0.25) is 0 Å². The second-order valence-electron chi connectivity index (χ2n) is 3.73. The number of aliphatic hydroxyl groups excluding tert-OH is 1. The highest BCUT2D eigenvalue weighted by Crippen LogP contribution is 2.18. The quantitative estimate of drug-likeness (QED) is 0.347. The molecule has 6 nitrogen and oxygen atoms in total. The van der Waals surface area contributed by atoms with E-state index in [1.165, 1.54) is 11.3 Å². The van der Waals surface area contributed by atoms with Crippen LogP contribution in [0.25, 0.3) is 0 Å². The van der Waals surface area contributed by atoms with E-state index in [4.69, 9.17) is 15.7 Å². The largest absolute Gasteiger partial charge is 0.395 e. The van der Waals surface area contributed by atoms with E-state index in [2.05, 4.69) is 10.3 Å². The van der Waals surface area contributed by atoms with Gasteiger partial charge in [0.05, 0.1) is 18.1 Å². The molecule has 0 fully saturated rings. The van der Waals surface area contributed by atoms with E-state index in [0.717, 1.165) is 11.4 Å². The van der Waals surface area contributed by atoms with Crippen LogP contribution >= 0.6 is 11.3 Å². The molecular weight excluding hydrogens is 254 g/mol. The summed E-state index contributed by atoms with van der Waals surface area (Å²) in [4.78, 5) is 15.0. The fourth-order valence-electron chi connectivity index (χ4n) is 1.51. The van der Waals surface area contributed by atoms with Gasteiger partial charge in [-0.25, -0.2) is 5.84 Å². The predicted molar refractivity (Wildman–Crippen MR) is 70.2 cm³/mol. The van der Waals surface area contributed by atoms with Crippen molar-refractivity contribution in [1.82, 2.24) is 10.3 Å². The number of hydrogen-bond acceptors (Lipinski definition) is 6. The van der Waals surface area contributed by atoms with Crippen LogP contribution in [0, 0.1) is 0 Å². The van der Waals surface area contributed by atoms with Crippen LogP contribution < -0.4 is 11.3 Å². The Balaban J connectivity index is 2.57. The number of methoxy groups -OCH3 is 1. The highest BCUT2D eigenvalue weighted by molar-refractivity contribution is 7.14. The van der Waals surface area contributed by atoms with E-state index in [1.807, 2.05) is 6.07 Å². The maximum atomic E-state index is 11.3. The molecule has 7 heteroatoms. The Hall–Kier alpha value is -0.990. The number of carbonyl (C=O) groups is 1. The fourth-order valence-corrected chi connectivity index (χ4v) is 2.46. The molecule has 0 aliphatic heterocycles. The summed E-state index contributed by atoms with van der Waals surface area (Å²) in [6.07, 6.45) is 0. The van der Waals surface area contributed by atoms with Crippen LogP contribution in [0.5, 0.6) is 0 Å². The van der Waals surface area contributed by atoms with Crippen molar-refractivity contribution in [3.8, 4) is 0 Å². The standard InChI is InChI=1S/C11H19N3O3S/c1-17-7-5-14(4-6-15)8-9-2-3-10(18-9)11(16)13-12/h2-3,15H,4-8,12H2,1H3,(H,13,16). The molecule has 0 aliphatic carbocycles. The third kappa shape index (κ3) is 4.71. The fraction of sp³-hybridized carbons (Fsp3) is 0.545. The number of nitrogens with zero attached hydrogens (tertiary/aromatic N) is 1. The molecule has 1 aromatic rings. The maximum Gasteiger partial charge on any atom is 0.275 e.